The molecule has 0 radical (unpaired) electrons. The molecule has 0 saturated heterocycles. The molecule has 0 bridgehead atoms. The molecular weight excluding hydrogens is 458 g/mol. The Morgan fingerprint density at radius 2 is 1.59 bits per heavy atom. The minimum absolute atomic E-state index is 0.229. The van der Waals surface area contributed by atoms with Gasteiger partial charge in [-0.05, 0) is 77.6 Å². The van der Waals surface area contributed by atoms with Gasteiger partial charge < -0.3 is 4.74 Å². The van der Waals surface area contributed by atoms with Crippen LogP contribution in [0, 0.1) is 6.92 Å². The van der Waals surface area contributed by atoms with Crippen molar-refractivity contribution in [3.63, 3.8) is 0 Å². The molecule has 5 rings (SSSR count). The number of ether oxygens (including phenoxy) is 1. The van der Waals surface area contributed by atoms with E-state index in [4.69, 9.17) is 4.74 Å². The summed E-state index contributed by atoms with van der Waals surface area (Å²) >= 11 is 0. The van der Waals surface area contributed by atoms with Crippen molar-refractivity contribution in [2.75, 3.05) is 6.54 Å². The number of fused-ring (bicyclic) bond motifs is 1. The van der Waals surface area contributed by atoms with Gasteiger partial charge in [0.05, 0.1) is 6.21 Å². The van der Waals surface area contributed by atoms with Gasteiger partial charge in [-0.1, -0.05) is 66.2 Å². The number of nitrogens with one attached hydrogen (secondary N) is 1. The number of carbonyl (C=O) groups is 1. The molecule has 4 aromatic rings. The number of aryl methyl sites for hydroxylation is 1. The zero-order chi connectivity index (χ0) is 25.5. The summed E-state index contributed by atoms with van der Waals surface area (Å²) in [5.41, 5.74) is 10.5. The van der Waals surface area contributed by atoms with E-state index in [2.05, 4.69) is 70.9 Å². The smallest absolute Gasteiger partial charge is 0.271 e. The summed E-state index contributed by atoms with van der Waals surface area (Å²) in [4.78, 5) is 15.0. The summed E-state index contributed by atoms with van der Waals surface area (Å²) in [6.45, 7) is 5.48. The Labute approximate surface area is 218 Å². The lowest BCUT2D eigenvalue weighted by molar-refractivity contribution is 0.0955. The summed E-state index contributed by atoms with van der Waals surface area (Å²) in [7, 11) is 0. The number of carbonyl (C=O) groups excluding carboxylic acids is 1. The van der Waals surface area contributed by atoms with Gasteiger partial charge in [-0.15, -0.1) is 0 Å². The summed E-state index contributed by atoms with van der Waals surface area (Å²) in [6.07, 6.45) is 2.71. The number of hydrogen-bond acceptors (Lipinski definition) is 4. The number of hydrogen-bond donors (Lipinski definition) is 1. The molecule has 1 aliphatic rings. The van der Waals surface area contributed by atoms with Crippen LogP contribution in [0.25, 0.3) is 0 Å². The first-order valence-corrected chi connectivity index (χ1v) is 12.6. The first-order valence-electron chi connectivity index (χ1n) is 12.6. The van der Waals surface area contributed by atoms with Crippen LogP contribution in [0.5, 0.6) is 5.75 Å². The van der Waals surface area contributed by atoms with Crippen molar-refractivity contribution in [1.82, 2.24) is 10.3 Å². The fourth-order valence-corrected chi connectivity index (χ4v) is 4.44. The van der Waals surface area contributed by atoms with Crippen LogP contribution < -0.4 is 10.2 Å². The first-order chi connectivity index (χ1) is 18.1. The quantitative estimate of drug-likeness (QED) is 0.248. The Balaban J connectivity index is 1.08. The molecule has 0 atom stereocenters. The summed E-state index contributed by atoms with van der Waals surface area (Å²) in [5, 5.41) is 4.11. The molecule has 1 heterocycles. The van der Waals surface area contributed by atoms with Crippen molar-refractivity contribution in [2.24, 2.45) is 5.10 Å². The Morgan fingerprint density at radius 3 is 2.35 bits per heavy atom. The van der Waals surface area contributed by atoms with Crippen molar-refractivity contribution in [1.29, 1.82) is 0 Å². The van der Waals surface area contributed by atoms with Crippen molar-refractivity contribution in [3.8, 4) is 5.75 Å². The van der Waals surface area contributed by atoms with Crippen molar-refractivity contribution < 1.29 is 9.53 Å². The Morgan fingerprint density at radius 1 is 0.892 bits per heavy atom. The normalized spacial score (nSPS) is 13.3. The number of hydrazone groups is 1. The lowest BCUT2D eigenvalue weighted by atomic mass is 9.99. The van der Waals surface area contributed by atoms with Gasteiger partial charge in [-0.2, -0.15) is 5.10 Å². The highest BCUT2D eigenvalue weighted by molar-refractivity contribution is 5.94. The van der Waals surface area contributed by atoms with E-state index in [0.717, 1.165) is 42.9 Å². The third-order valence-electron chi connectivity index (χ3n) is 6.62. The molecule has 4 aromatic carbocycles. The summed E-state index contributed by atoms with van der Waals surface area (Å²) in [5.74, 6) is 0.559. The second-order valence-corrected chi connectivity index (χ2v) is 9.47. The van der Waals surface area contributed by atoms with E-state index in [1.54, 1.807) is 6.21 Å². The molecule has 1 amide bonds. The second-order valence-electron chi connectivity index (χ2n) is 9.47. The highest BCUT2D eigenvalue weighted by atomic mass is 16.5. The number of benzene rings is 4. The van der Waals surface area contributed by atoms with Crippen molar-refractivity contribution >= 4 is 12.1 Å². The number of rotatable bonds is 8. The largest absolute Gasteiger partial charge is 0.489 e. The molecule has 0 aromatic heterocycles. The van der Waals surface area contributed by atoms with Crippen LogP contribution >= 0.6 is 0 Å². The van der Waals surface area contributed by atoms with Gasteiger partial charge in [0.15, 0.2) is 0 Å². The average Bonchev–Trinajstić information content (AvgIpc) is 2.94. The highest BCUT2D eigenvalue weighted by Gasteiger charge is 2.16. The van der Waals surface area contributed by atoms with E-state index in [1.807, 2.05) is 48.5 Å². The maximum absolute atomic E-state index is 12.5. The molecule has 5 nitrogen and oxygen atoms in total. The van der Waals surface area contributed by atoms with Gasteiger partial charge >= 0.3 is 0 Å². The Hall–Kier alpha value is -4.22. The molecule has 0 fully saturated rings. The van der Waals surface area contributed by atoms with E-state index in [-0.39, 0.29) is 5.91 Å². The molecule has 0 spiro atoms. The van der Waals surface area contributed by atoms with E-state index in [0.29, 0.717) is 12.2 Å². The second kappa shape index (κ2) is 11.7. The molecule has 0 saturated carbocycles. The zero-order valence-corrected chi connectivity index (χ0v) is 21.1. The third kappa shape index (κ3) is 6.72. The van der Waals surface area contributed by atoms with Crippen LogP contribution in [0.15, 0.2) is 102 Å². The molecule has 0 aliphatic carbocycles. The van der Waals surface area contributed by atoms with E-state index < -0.39 is 0 Å². The van der Waals surface area contributed by atoms with Gasteiger partial charge in [0.25, 0.3) is 5.91 Å². The van der Waals surface area contributed by atoms with Gasteiger partial charge in [-0.3, -0.25) is 9.69 Å². The monoisotopic (exact) mass is 489 g/mol. The average molecular weight is 490 g/mol. The molecule has 0 unspecified atom stereocenters. The summed E-state index contributed by atoms with van der Waals surface area (Å²) < 4.78 is 5.84. The van der Waals surface area contributed by atoms with Gasteiger partial charge in [0.1, 0.15) is 12.4 Å². The number of amides is 1. The van der Waals surface area contributed by atoms with Gasteiger partial charge in [0.2, 0.25) is 0 Å². The fourth-order valence-electron chi connectivity index (χ4n) is 4.44. The van der Waals surface area contributed by atoms with Crippen molar-refractivity contribution in [3.05, 3.63) is 136 Å². The molecule has 1 aliphatic heterocycles. The van der Waals surface area contributed by atoms with Crippen LogP contribution in [-0.4, -0.2) is 23.6 Å². The van der Waals surface area contributed by atoms with Crippen LogP contribution in [-0.2, 0) is 26.1 Å². The van der Waals surface area contributed by atoms with Crippen molar-refractivity contribution in [2.45, 2.75) is 33.0 Å². The van der Waals surface area contributed by atoms with Crippen LogP contribution in [0.1, 0.15) is 43.7 Å². The highest BCUT2D eigenvalue weighted by Crippen LogP contribution is 2.20. The maximum Gasteiger partial charge on any atom is 0.271 e. The van der Waals surface area contributed by atoms with Gasteiger partial charge in [0, 0.05) is 25.2 Å². The van der Waals surface area contributed by atoms with Crippen LogP contribution in [0.3, 0.4) is 0 Å². The van der Waals surface area contributed by atoms with E-state index in [9.17, 15) is 4.79 Å². The molecule has 5 heteroatoms. The zero-order valence-electron chi connectivity index (χ0n) is 21.1. The standard InChI is InChI=1S/C32H31N3O2/c1-24-6-8-27(9-7-24)23-37-31-16-12-25(13-17-31)20-33-34-32(36)29-14-10-26(11-15-29)21-35-19-18-28-4-2-3-5-30(28)22-35/h2-17,20H,18-19,21-23H2,1H3,(H,34,36)/b33-20-. The predicted molar refractivity (Wildman–Crippen MR) is 148 cm³/mol. The fraction of sp³-hybridized carbons (Fsp3) is 0.188. The topological polar surface area (TPSA) is 53.9 Å². The predicted octanol–water partition coefficient (Wildman–Crippen LogP) is 5.90. The summed E-state index contributed by atoms with van der Waals surface area (Å²) in [6, 6.07) is 32.3. The lowest BCUT2D eigenvalue weighted by Gasteiger charge is -2.28. The molecule has 186 valence electrons. The molecular formula is C32H31N3O2. The third-order valence-corrected chi connectivity index (χ3v) is 6.62. The molecule has 1 N–H and O–H groups in total. The minimum Gasteiger partial charge on any atom is -0.489 e. The van der Waals surface area contributed by atoms with Crippen LogP contribution in [0.2, 0.25) is 0 Å². The SMILES string of the molecule is Cc1ccc(COc2ccc(/C=N\NC(=O)c3ccc(CN4CCc5ccccc5C4)cc3)cc2)cc1. The van der Waals surface area contributed by atoms with E-state index in [1.165, 1.54) is 22.3 Å². The molecule has 37 heavy (non-hydrogen) atoms. The Bertz CT molecular complexity index is 1360. The maximum atomic E-state index is 12.5. The lowest BCUT2D eigenvalue weighted by Crippen LogP contribution is -2.30. The first kappa shape index (κ1) is 24.5. The van der Waals surface area contributed by atoms with Crippen LogP contribution in [0.4, 0.5) is 0 Å². The van der Waals surface area contributed by atoms with Gasteiger partial charge in [-0.25, -0.2) is 5.43 Å². The number of nitrogens with zero attached hydrogens (tertiary/aromatic N) is 2. The minimum atomic E-state index is -0.229. The van der Waals surface area contributed by atoms with E-state index >= 15 is 0 Å². The Kier molecular flexibility index (Phi) is 7.72.